The minimum atomic E-state index is -1.24. The number of hydrogen-bond acceptors (Lipinski definition) is 2. The fourth-order valence-electron chi connectivity index (χ4n) is 6.72. The van der Waals surface area contributed by atoms with Gasteiger partial charge < -0.3 is 5.11 Å². The number of carbonyl (C=O) groups excluding carboxylic acids is 1. The topological polar surface area (TPSA) is 54.4 Å². The number of carboxylic acids is 1. The lowest BCUT2D eigenvalue weighted by Gasteiger charge is -2.56. The molecule has 0 bridgehead atoms. The Morgan fingerprint density at radius 1 is 1.16 bits per heavy atom. The Kier molecular flexibility index (Phi) is 3.55. The lowest BCUT2D eigenvalue weighted by molar-refractivity contribution is -0.149. The highest BCUT2D eigenvalue weighted by molar-refractivity contribution is 6.04. The summed E-state index contributed by atoms with van der Waals surface area (Å²) in [4.78, 5) is 23.4. The largest absolute Gasteiger partial charge is 0.481 e. The van der Waals surface area contributed by atoms with Gasteiger partial charge in [-0.3, -0.25) is 9.59 Å². The first-order chi connectivity index (χ1) is 11.7. The number of ketones is 1. The minimum Gasteiger partial charge on any atom is -0.481 e. The van der Waals surface area contributed by atoms with Gasteiger partial charge in [-0.15, -0.1) is 0 Å². The van der Waals surface area contributed by atoms with Crippen LogP contribution in [0.1, 0.15) is 52.4 Å². The summed E-state index contributed by atoms with van der Waals surface area (Å²) in [6, 6.07) is 0. The van der Waals surface area contributed by atoms with Gasteiger partial charge in [0.2, 0.25) is 11.6 Å². The average Bonchev–Trinajstić information content (AvgIpc) is 2.92. The van der Waals surface area contributed by atoms with Crippen molar-refractivity contribution in [2.75, 3.05) is 0 Å². The molecule has 0 radical (unpaired) electrons. The monoisotopic (exact) mass is 350 g/mol. The summed E-state index contributed by atoms with van der Waals surface area (Å²) in [6.07, 6.45) is 5.65. The number of hydrogen-bond donors (Lipinski definition) is 1. The summed E-state index contributed by atoms with van der Waals surface area (Å²) in [5.41, 5.74) is -0.578. The van der Waals surface area contributed by atoms with Crippen LogP contribution in [0.25, 0.3) is 0 Å². The molecule has 0 heterocycles. The van der Waals surface area contributed by atoms with Gasteiger partial charge in [0, 0.05) is 5.41 Å². The van der Waals surface area contributed by atoms with Crippen molar-refractivity contribution in [3.05, 3.63) is 23.3 Å². The maximum absolute atomic E-state index is 14.9. The van der Waals surface area contributed by atoms with E-state index >= 15 is 0 Å². The van der Waals surface area contributed by atoms with Crippen molar-refractivity contribution in [1.82, 2.24) is 0 Å². The number of allylic oxidation sites excluding steroid dienone is 4. The molecule has 3 nitrogen and oxygen atoms in total. The number of rotatable bonds is 1. The summed E-state index contributed by atoms with van der Waals surface area (Å²) >= 11 is 0. The molecule has 5 heteroatoms. The number of carbonyl (C=O) groups is 2. The van der Waals surface area contributed by atoms with E-state index in [4.69, 9.17) is 0 Å². The van der Waals surface area contributed by atoms with Gasteiger partial charge in [-0.1, -0.05) is 12.5 Å². The van der Waals surface area contributed by atoms with Crippen LogP contribution >= 0.6 is 0 Å². The fourth-order valence-corrected chi connectivity index (χ4v) is 6.72. The lowest BCUT2D eigenvalue weighted by atomic mass is 9.47. The first kappa shape index (κ1) is 16.9. The van der Waals surface area contributed by atoms with E-state index < -0.39 is 28.8 Å². The van der Waals surface area contributed by atoms with Crippen LogP contribution in [0.3, 0.4) is 0 Å². The Labute approximate surface area is 146 Å². The second-order valence-corrected chi connectivity index (χ2v) is 8.79. The zero-order valence-electron chi connectivity index (χ0n) is 14.6. The predicted octanol–water partition coefficient (Wildman–Crippen LogP) is 4.59. The summed E-state index contributed by atoms with van der Waals surface area (Å²) in [7, 11) is 0. The molecular formula is C20H24F2O3. The van der Waals surface area contributed by atoms with Crippen LogP contribution in [0.5, 0.6) is 0 Å². The van der Waals surface area contributed by atoms with Crippen molar-refractivity contribution < 1.29 is 23.5 Å². The van der Waals surface area contributed by atoms with E-state index in [1.54, 1.807) is 6.92 Å². The van der Waals surface area contributed by atoms with Crippen LogP contribution in [0.4, 0.5) is 8.78 Å². The van der Waals surface area contributed by atoms with Crippen LogP contribution in [0.15, 0.2) is 23.3 Å². The number of fused-ring (bicyclic) bond motifs is 5. The van der Waals surface area contributed by atoms with Crippen molar-refractivity contribution in [1.29, 1.82) is 0 Å². The molecule has 4 aliphatic rings. The Hall–Kier alpha value is -1.52. The molecule has 0 aromatic heterocycles. The number of aliphatic carboxylic acids is 1. The van der Waals surface area contributed by atoms with Crippen molar-refractivity contribution in [3.8, 4) is 0 Å². The highest BCUT2D eigenvalue weighted by Crippen LogP contribution is 2.67. The maximum atomic E-state index is 14.9. The average molecular weight is 350 g/mol. The van der Waals surface area contributed by atoms with Crippen molar-refractivity contribution in [3.63, 3.8) is 0 Å². The second-order valence-electron chi connectivity index (χ2n) is 8.79. The van der Waals surface area contributed by atoms with E-state index in [1.165, 1.54) is 6.08 Å². The van der Waals surface area contributed by atoms with Gasteiger partial charge in [0.25, 0.3) is 0 Å². The predicted molar refractivity (Wildman–Crippen MR) is 87.8 cm³/mol. The molecule has 4 rings (SSSR count). The summed E-state index contributed by atoms with van der Waals surface area (Å²) < 4.78 is 29.0. The fraction of sp³-hybridized carbons (Fsp3) is 0.700. The molecule has 136 valence electrons. The third-order valence-corrected chi connectivity index (χ3v) is 8.06. The molecule has 0 saturated heterocycles. The number of carboxylic acid groups (broad SMARTS) is 1. The van der Waals surface area contributed by atoms with E-state index in [1.807, 2.05) is 0 Å². The van der Waals surface area contributed by atoms with E-state index in [-0.39, 0.29) is 29.1 Å². The smallest absolute Gasteiger partial charge is 0.307 e. The molecule has 3 fully saturated rings. The van der Waals surface area contributed by atoms with Crippen LogP contribution in [0.2, 0.25) is 0 Å². The molecule has 4 aliphatic carbocycles. The molecule has 1 N–H and O–H groups in total. The molecule has 0 amide bonds. The zero-order chi connectivity index (χ0) is 18.1. The highest BCUT2D eigenvalue weighted by Gasteiger charge is 2.62. The van der Waals surface area contributed by atoms with Crippen LogP contribution in [0, 0.1) is 34.5 Å². The van der Waals surface area contributed by atoms with E-state index in [0.29, 0.717) is 24.8 Å². The maximum Gasteiger partial charge on any atom is 0.307 e. The lowest BCUT2D eigenvalue weighted by Crippen LogP contribution is -2.51. The Bertz CT molecular complexity index is 724. The second kappa shape index (κ2) is 5.24. The van der Waals surface area contributed by atoms with Crippen molar-refractivity contribution in [2.24, 2.45) is 34.5 Å². The van der Waals surface area contributed by atoms with Gasteiger partial charge in [-0.2, -0.15) is 4.39 Å². The van der Waals surface area contributed by atoms with E-state index in [2.05, 4.69) is 6.92 Å². The Morgan fingerprint density at radius 2 is 1.88 bits per heavy atom. The van der Waals surface area contributed by atoms with Gasteiger partial charge in [0.1, 0.15) is 5.83 Å². The third kappa shape index (κ3) is 2.01. The summed E-state index contributed by atoms with van der Waals surface area (Å²) in [5, 5.41) is 9.59. The molecule has 0 spiro atoms. The molecule has 0 unspecified atom stereocenters. The van der Waals surface area contributed by atoms with Gasteiger partial charge in [0.15, 0.2) is 0 Å². The van der Waals surface area contributed by atoms with Gasteiger partial charge >= 0.3 is 5.97 Å². The Morgan fingerprint density at radius 3 is 2.56 bits per heavy atom. The first-order valence-electron chi connectivity index (χ1n) is 9.25. The molecule has 3 saturated carbocycles. The molecule has 0 aromatic carbocycles. The summed E-state index contributed by atoms with van der Waals surface area (Å²) in [6.45, 7) is 3.81. The standard InChI is InChI=1S/C20H24F2O3/c1-19-8-7-13-11(12(19)5-6-14(19)18(24)25)4-3-10-9-15(23)16(21)17(22)20(10,13)2/h9,11-14H,3-8H2,1-2H3,(H,24,25)/t11-,12-,13-,14+,19-,20-/m0/s1. The Balaban J connectivity index is 1.74. The molecule has 25 heavy (non-hydrogen) atoms. The minimum absolute atomic E-state index is 0.0584. The third-order valence-electron chi connectivity index (χ3n) is 8.06. The molecule has 6 atom stereocenters. The van der Waals surface area contributed by atoms with E-state index in [0.717, 1.165) is 19.3 Å². The number of halogens is 2. The van der Waals surface area contributed by atoms with Crippen molar-refractivity contribution in [2.45, 2.75) is 52.4 Å². The quantitative estimate of drug-likeness (QED) is 0.752. The SMILES string of the molecule is C[C@@]12C(=CC(=O)C(F)=C1F)CC[C@@H]1[C@@H]2CC[C@]2(C)[C@@H](C(=O)O)CC[C@@H]12. The zero-order valence-corrected chi connectivity index (χ0v) is 14.6. The highest BCUT2D eigenvalue weighted by atomic mass is 19.2. The summed E-state index contributed by atoms with van der Waals surface area (Å²) in [5.74, 6) is -3.69. The molecular weight excluding hydrogens is 326 g/mol. The first-order valence-corrected chi connectivity index (χ1v) is 9.25. The molecule has 0 aromatic rings. The molecule has 0 aliphatic heterocycles. The van der Waals surface area contributed by atoms with Crippen LogP contribution in [-0.4, -0.2) is 16.9 Å². The van der Waals surface area contributed by atoms with Gasteiger partial charge in [-0.25, -0.2) is 4.39 Å². The normalized spacial score (nSPS) is 46.2. The van der Waals surface area contributed by atoms with Crippen LogP contribution in [-0.2, 0) is 9.59 Å². The van der Waals surface area contributed by atoms with Crippen LogP contribution < -0.4 is 0 Å². The van der Waals surface area contributed by atoms with E-state index in [9.17, 15) is 23.5 Å². The van der Waals surface area contributed by atoms with Gasteiger partial charge in [0.05, 0.1) is 5.92 Å². The van der Waals surface area contributed by atoms with Gasteiger partial charge in [-0.05, 0) is 74.7 Å². The van der Waals surface area contributed by atoms with Crippen molar-refractivity contribution >= 4 is 11.8 Å².